The number of fused-ring (bicyclic) bond motifs is 1. The van der Waals surface area contributed by atoms with Gasteiger partial charge in [-0.1, -0.05) is 30.3 Å². The second kappa shape index (κ2) is 7.47. The van der Waals surface area contributed by atoms with E-state index >= 15 is 0 Å². The van der Waals surface area contributed by atoms with Crippen LogP contribution >= 0.6 is 0 Å². The molecule has 1 unspecified atom stereocenters. The van der Waals surface area contributed by atoms with Crippen molar-refractivity contribution in [3.63, 3.8) is 0 Å². The molecule has 0 radical (unpaired) electrons. The standard InChI is InChI=1S/C21H26N2O4/c1-14(2)27-18-9-8-15-6-4-5-7-16(15)17(18)12-22-20(26)23-11-10-21(3,13-23)19(24)25/h4-9,14H,10-13H2,1-3H3,(H,22,26)(H,24,25). The zero-order valence-corrected chi connectivity index (χ0v) is 16.0. The quantitative estimate of drug-likeness (QED) is 0.842. The van der Waals surface area contributed by atoms with Crippen LogP contribution in [0.1, 0.15) is 32.8 Å². The summed E-state index contributed by atoms with van der Waals surface area (Å²) in [6.45, 7) is 6.60. The van der Waals surface area contributed by atoms with Gasteiger partial charge in [-0.05, 0) is 44.0 Å². The molecule has 0 aromatic heterocycles. The van der Waals surface area contributed by atoms with Crippen LogP contribution in [0.15, 0.2) is 36.4 Å². The van der Waals surface area contributed by atoms with Crippen molar-refractivity contribution in [3.05, 3.63) is 42.0 Å². The number of carboxylic acids is 1. The monoisotopic (exact) mass is 370 g/mol. The highest BCUT2D eigenvalue weighted by Crippen LogP contribution is 2.31. The molecule has 2 aromatic carbocycles. The number of amides is 2. The number of hydrogen-bond donors (Lipinski definition) is 2. The summed E-state index contributed by atoms with van der Waals surface area (Å²) in [5.41, 5.74) is 0.0539. The third-order valence-electron chi connectivity index (χ3n) is 5.05. The minimum atomic E-state index is -0.872. The van der Waals surface area contributed by atoms with Gasteiger partial charge in [0.25, 0.3) is 0 Å². The number of ether oxygens (including phenoxy) is 1. The maximum Gasteiger partial charge on any atom is 0.317 e. The Morgan fingerprint density at radius 3 is 2.67 bits per heavy atom. The average Bonchev–Trinajstić information content (AvgIpc) is 3.04. The normalized spacial score (nSPS) is 19.5. The molecule has 27 heavy (non-hydrogen) atoms. The lowest BCUT2D eigenvalue weighted by Crippen LogP contribution is -2.40. The number of nitrogens with zero attached hydrogens (tertiary/aromatic N) is 1. The van der Waals surface area contributed by atoms with Gasteiger partial charge in [0.2, 0.25) is 0 Å². The van der Waals surface area contributed by atoms with Gasteiger partial charge in [0.1, 0.15) is 5.75 Å². The Bertz CT molecular complexity index is 864. The Kier molecular flexibility index (Phi) is 5.26. The van der Waals surface area contributed by atoms with Crippen molar-refractivity contribution in [3.8, 4) is 5.75 Å². The Hall–Kier alpha value is -2.76. The molecule has 1 saturated heterocycles. The molecule has 0 bridgehead atoms. The minimum Gasteiger partial charge on any atom is -0.491 e. The number of urea groups is 1. The number of rotatable bonds is 5. The summed E-state index contributed by atoms with van der Waals surface area (Å²) in [6.07, 6.45) is 0.488. The average molecular weight is 370 g/mol. The van der Waals surface area contributed by atoms with Crippen LogP contribution in [-0.2, 0) is 11.3 Å². The summed E-state index contributed by atoms with van der Waals surface area (Å²) in [5.74, 6) is -0.111. The van der Waals surface area contributed by atoms with Crippen LogP contribution in [0, 0.1) is 5.41 Å². The van der Waals surface area contributed by atoms with Crippen LogP contribution < -0.4 is 10.1 Å². The summed E-state index contributed by atoms with van der Waals surface area (Å²) >= 11 is 0. The van der Waals surface area contributed by atoms with Gasteiger partial charge in [-0.25, -0.2) is 4.79 Å². The predicted molar refractivity (Wildman–Crippen MR) is 104 cm³/mol. The summed E-state index contributed by atoms with van der Waals surface area (Å²) in [5, 5.41) is 14.4. The van der Waals surface area contributed by atoms with Crippen molar-refractivity contribution in [2.24, 2.45) is 5.41 Å². The Morgan fingerprint density at radius 1 is 1.26 bits per heavy atom. The molecule has 144 valence electrons. The van der Waals surface area contributed by atoms with Gasteiger partial charge in [0.15, 0.2) is 0 Å². The molecule has 1 fully saturated rings. The first kappa shape index (κ1) is 19.0. The minimum absolute atomic E-state index is 0.0236. The fourth-order valence-corrected chi connectivity index (χ4v) is 3.45. The number of carboxylic acid groups (broad SMARTS) is 1. The molecule has 1 aliphatic heterocycles. The van der Waals surface area contributed by atoms with Crippen molar-refractivity contribution in [2.75, 3.05) is 13.1 Å². The zero-order chi connectivity index (χ0) is 19.6. The number of carbonyl (C=O) groups is 2. The first-order valence-corrected chi connectivity index (χ1v) is 9.23. The SMILES string of the molecule is CC(C)Oc1ccc2ccccc2c1CNC(=O)N1CCC(C)(C(=O)O)C1. The molecule has 1 aliphatic rings. The van der Waals surface area contributed by atoms with Gasteiger partial charge >= 0.3 is 12.0 Å². The molecule has 0 spiro atoms. The topological polar surface area (TPSA) is 78.9 Å². The second-order valence-corrected chi connectivity index (χ2v) is 7.63. The summed E-state index contributed by atoms with van der Waals surface area (Å²) in [6, 6.07) is 11.7. The molecule has 0 aliphatic carbocycles. The van der Waals surface area contributed by atoms with E-state index in [4.69, 9.17) is 4.74 Å². The first-order chi connectivity index (χ1) is 12.8. The van der Waals surface area contributed by atoms with E-state index in [1.165, 1.54) is 0 Å². The molecule has 6 heteroatoms. The van der Waals surface area contributed by atoms with Gasteiger partial charge in [0.05, 0.1) is 11.5 Å². The molecule has 1 heterocycles. The summed E-state index contributed by atoms with van der Waals surface area (Å²) < 4.78 is 5.93. The van der Waals surface area contributed by atoms with Crippen molar-refractivity contribution < 1.29 is 19.4 Å². The van der Waals surface area contributed by atoms with Gasteiger partial charge in [-0.3, -0.25) is 4.79 Å². The lowest BCUT2D eigenvalue weighted by molar-refractivity contribution is -0.147. The third kappa shape index (κ3) is 3.99. The molecular formula is C21H26N2O4. The number of carbonyl (C=O) groups excluding carboxylic acids is 1. The van der Waals surface area contributed by atoms with E-state index in [2.05, 4.69) is 5.32 Å². The van der Waals surface area contributed by atoms with Crippen LogP contribution in [0.4, 0.5) is 4.79 Å². The van der Waals surface area contributed by atoms with Crippen molar-refractivity contribution in [1.82, 2.24) is 10.2 Å². The molecule has 2 aromatic rings. The zero-order valence-electron chi connectivity index (χ0n) is 16.0. The van der Waals surface area contributed by atoms with Gasteiger partial charge < -0.3 is 20.1 Å². The van der Waals surface area contributed by atoms with E-state index in [9.17, 15) is 14.7 Å². The van der Waals surface area contributed by atoms with E-state index < -0.39 is 11.4 Å². The van der Waals surface area contributed by atoms with Crippen LogP contribution in [0.25, 0.3) is 10.8 Å². The van der Waals surface area contributed by atoms with Gasteiger partial charge in [-0.15, -0.1) is 0 Å². The van der Waals surface area contributed by atoms with Crippen LogP contribution in [0.2, 0.25) is 0 Å². The largest absolute Gasteiger partial charge is 0.491 e. The lowest BCUT2D eigenvalue weighted by atomic mass is 9.90. The summed E-state index contributed by atoms with van der Waals surface area (Å²) in [4.78, 5) is 25.5. The van der Waals surface area contributed by atoms with E-state index in [1.807, 2.05) is 50.2 Å². The maximum absolute atomic E-state index is 12.6. The van der Waals surface area contributed by atoms with Crippen LogP contribution in [0.5, 0.6) is 5.75 Å². The van der Waals surface area contributed by atoms with Crippen LogP contribution in [-0.4, -0.2) is 41.2 Å². The number of aliphatic carboxylic acids is 1. The fraction of sp³-hybridized carbons (Fsp3) is 0.429. The number of benzene rings is 2. The number of hydrogen-bond acceptors (Lipinski definition) is 3. The lowest BCUT2D eigenvalue weighted by Gasteiger charge is -2.22. The smallest absolute Gasteiger partial charge is 0.317 e. The summed E-state index contributed by atoms with van der Waals surface area (Å²) in [7, 11) is 0. The van der Waals surface area contributed by atoms with Gasteiger partial charge in [0, 0.05) is 25.2 Å². The number of likely N-dealkylation sites (tertiary alicyclic amines) is 1. The molecule has 6 nitrogen and oxygen atoms in total. The highest BCUT2D eigenvalue weighted by molar-refractivity contribution is 5.88. The molecule has 3 rings (SSSR count). The van der Waals surface area contributed by atoms with Crippen LogP contribution in [0.3, 0.4) is 0 Å². The van der Waals surface area contributed by atoms with Crippen molar-refractivity contribution in [2.45, 2.75) is 39.8 Å². The molecular weight excluding hydrogens is 344 g/mol. The highest BCUT2D eigenvalue weighted by atomic mass is 16.5. The Morgan fingerprint density at radius 2 is 2.00 bits per heavy atom. The highest BCUT2D eigenvalue weighted by Gasteiger charge is 2.42. The van der Waals surface area contributed by atoms with Gasteiger partial charge in [-0.2, -0.15) is 0 Å². The number of nitrogens with one attached hydrogen (secondary N) is 1. The van der Waals surface area contributed by atoms with Crippen molar-refractivity contribution in [1.29, 1.82) is 0 Å². The van der Waals surface area contributed by atoms with E-state index in [1.54, 1.807) is 11.8 Å². The Balaban J connectivity index is 1.78. The maximum atomic E-state index is 12.6. The van der Waals surface area contributed by atoms with E-state index in [-0.39, 0.29) is 18.7 Å². The van der Waals surface area contributed by atoms with E-state index in [0.717, 1.165) is 22.1 Å². The molecule has 2 amide bonds. The van der Waals surface area contributed by atoms with E-state index in [0.29, 0.717) is 19.5 Å². The molecule has 1 atom stereocenters. The third-order valence-corrected chi connectivity index (χ3v) is 5.05. The second-order valence-electron chi connectivity index (χ2n) is 7.63. The fourth-order valence-electron chi connectivity index (χ4n) is 3.45. The molecule has 2 N–H and O–H groups in total. The first-order valence-electron chi connectivity index (χ1n) is 9.23. The van der Waals surface area contributed by atoms with Crippen molar-refractivity contribution >= 4 is 22.8 Å². The molecule has 0 saturated carbocycles. The Labute approximate surface area is 159 Å². The predicted octanol–water partition coefficient (Wildman–Crippen LogP) is 3.63.